The lowest BCUT2D eigenvalue weighted by molar-refractivity contribution is -0.166. The van der Waals surface area contributed by atoms with Crippen molar-refractivity contribution in [2.75, 3.05) is 32.9 Å². The third-order valence-electron chi connectivity index (χ3n) is 10.6. The molecule has 7 rings (SSSR count). The Kier molecular flexibility index (Phi) is 13.5. The number of carboxylic acid groups (broad SMARTS) is 2. The fourth-order valence-corrected chi connectivity index (χ4v) is 7.55. The molecule has 1 spiro atoms. The molecule has 2 N–H and O–H groups in total. The summed E-state index contributed by atoms with van der Waals surface area (Å²) in [4.78, 5) is 49.9. The number of hydrogen-bond donors (Lipinski definition) is 2. The summed E-state index contributed by atoms with van der Waals surface area (Å²) in [7, 11) is 0. The van der Waals surface area contributed by atoms with E-state index in [1.807, 2.05) is 0 Å². The zero-order valence-corrected chi connectivity index (χ0v) is 31.8. The zero-order valence-electron chi connectivity index (χ0n) is 31.8. The number of aliphatic carboxylic acids is 2. The van der Waals surface area contributed by atoms with Gasteiger partial charge in [-0.15, -0.1) is 0 Å². The number of carboxylic acids is 2. The molecule has 0 unspecified atom stereocenters. The van der Waals surface area contributed by atoms with Crippen LogP contribution < -0.4 is 0 Å². The summed E-state index contributed by atoms with van der Waals surface area (Å²) < 4.78 is 28.0. The normalized spacial score (nSPS) is 20.1. The lowest BCUT2D eigenvalue weighted by Crippen LogP contribution is -2.47. The minimum Gasteiger partial charge on any atom is -0.478 e. The molecule has 3 fully saturated rings. The van der Waals surface area contributed by atoms with E-state index >= 15 is 0 Å². The molecule has 4 aromatic carbocycles. The molecule has 0 amide bonds. The van der Waals surface area contributed by atoms with E-state index in [9.17, 15) is 29.4 Å². The van der Waals surface area contributed by atoms with Gasteiger partial charge < -0.3 is 33.9 Å². The summed E-state index contributed by atoms with van der Waals surface area (Å²) in [5, 5.41) is 21.3. The second-order valence-electron chi connectivity index (χ2n) is 14.5. The van der Waals surface area contributed by atoms with Crippen molar-refractivity contribution >= 4 is 34.6 Å². The van der Waals surface area contributed by atoms with Crippen LogP contribution in [0.25, 0.3) is 10.8 Å². The van der Waals surface area contributed by atoms with Gasteiger partial charge in [-0.1, -0.05) is 90.7 Å². The quantitative estimate of drug-likeness (QED) is 0.154. The average molecular weight is 768 g/mol. The van der Waals surface area contributed by atoms with Crippen molar-refractivity contribution < 1.29 is 53.1 Å². The lowest BCUT2D eigenvalue weighted by atomic mass is 9.91. The van der Waals surface area contributed by atoms with E-state index in [4.69, 9.17) is 23.7 Å². The highest BCUT2D eigenvalue weighted by Crippen LogP contribution is 2.36. The maximum atomic E-state index is 12.2. The van der Waals surface area contributed by atoms with E-state index in [1.54, 1.807) is 38.1 Å². The van der Waals surface area contributed by atoms with E-state index in [-0.39, 0.29) is 16.9 Å². The minimum atomic E-state index is -2.22. The first-order chi connectivity index (χ1) is 27.0. The van der Waals surface area contributed by atoms with Crippen molar-refractivity contribution in [3.8, 4) is 0 Å². The zero-order chi connectivity index (χ0) is 39.7. The number of ether oxygens (including phenoxy) is 5. The molecule has 2 heterocycles. The molecule has 12 heteroatoms. The molecule has 4 atom stereocenters. The number of hydrogen-bond acceptors (Lipinski definition) is 10. The Morgan fingerprint density at radius 2 is 1.30 bits per heavy atom. The van der Waals surface area contributed by atoms with Crippen molar-refractivity contribution in [2.45, 2.75) is 82.5 Å². The molecule has 2 aliphatic heterocycles. The van der Waals surface area contributed by atoms with Crippen LogP contribution in [-0.2, 0) is 39.7 Å². The number of fused-ring (bicyclic) bond motifs is 1. The highest BCUT2D eigenvalue weighted by Gasteiger charge is 2.47. The first-order valence-corrected chi connectivity index (χ1v) is 19.1. The Labute approximate surface area is 326 Å². The van der Waals surface area contributed by atoms with Gasteiger partial charge in [-0.3, -0.25) is 4.90 Å². The van der Waals surface area contributed by atoms with Crippen molar-refractivity contribution in [1.29, 1.82) is 0 Å². The first-order valence-electron chi connectivity index (χ1n) is 19.1. The van der Waals surface area contributed by atoms with Gasteiger partial charge in [0, 0.05) is 19.0 Å². The van der Waals surface area contributed by atoms with Crippen LogP contribution in [0.5, 0.6) is 0 Å². The Balaban J connectivity index is 0.000000190. The monoisotopic (exact) mass is 767 g/mol. The molecule has 1 aliphatic carbocycles. The van der Waals surface area contributed by atoms with Crippen molar-refractivity contribution in [1.82, 2.24) is 4.90 Å². The van der Waals surface area contributed by atoms with Crippen molar-refractivity contribution in [2.24, 2.45) is 0 Å². The summed E-state index contributed by atoms with van der Waals surface area (Å²) in [6, 6.07) is 27.8. The van der Waals surface area contributed by atoms with Crippen LogP contribution in [0.2, 0.25) is 0 Å². The fraction of sp³-hybridized carbons (Fsp3) is 0.409. The summed E-state index contributed by atoms with van der Waals surface area (Å²) in [5.41, 5.74) is 3.18. The van der Waals surface area contributed by atoms with E-state index in [2.05, 4.69) is 47.4 Å². The van der Waals surface area contributed by atoms with Gasteiger partial charge in [0.25, 0.3) is 0 Å². The van der Waals surface area contributed by atoms with Crippen molar-refractivity contribution in [3.63, 3.8) is 0 Å². The molecule has 0 bridgehead atoms. The van der Waals surface area contributed by atoms with Crippen LogP contribution in [0.1, 0.15) is 69.5 Å². The number of benzene rings is 4. The number of likely N-dealkylation sites (tertiary alicyclic amines) is 1. The molecule has 2 saturated heterocycles. The second-order valence-corrected chi connectivity index (χ2v) is 14.5. The van der Waals surface area contributed by atoms with Crippen LogP contribution in [0.3, 0.4) is 0 Å². The maximum absolute atomic E-state index is 12.2. The summed E-state index contributed by atoms with van der Waals surface area (Å²) in [6.07, 6.45) is 2.84. The Morgan fingerprint density at radius 3 is 1.89 bits per heavy atom. The summed E-state index contributed by atoms with van der Waals surface area (Å²) in [6.45, 7) is 7.82. The molecular weight excluding hydrogens is 718 g/mol. The van der Waals surface area contributed by atoms with E-state index in [0.717, 1.165) is 56.9 Å². The second kappa shape index (κ2) is 18.7. The van der Waals surface area contributed by atoms with Gasteiger partial charge in [0.05, 0.1) is 43.6 Å². The van der Waals surface area contributed by atoms with Gasteiger partial charge in [-0.05, 0) is 73.7 Å². The predicted molar refractivity (Wildman–Crippen MR) is 207 cm³/mol. The van der Waals surface area contributed by atoms with Gasteiger partial charge in [0.15, 0.2) is 5.79 Å². The number of esters is 2. The number of nitrogens with zero attached hydrogens (tertiary/aromatic N) is 1. The van der Waals surface area contributed by atoms with Crippen LogP contribution in [-0.4, -0.2) is 102 Å². The molecular formula is C44H49NO11. The molecule has 0 aromatic heterocycles. The number of aryl methyl sites for hydroxylation is 2. The molecule has 3 aliphatic rings. The first kappa shape index (κ1) is 40.5. The number of rotatable bonds is 12. The molecule has 296 valence electrons. The Morgan fingerprint density at radius 1 is 0.750 bits per heavy atom. The van der Waals surface area contributed by atoms with Gasteiger partial charge in [0.1, 0.15) is 0 Å². The third kappa shape index (κ3) is 10.2. The van der Waals surface area contributed by atoms with Crippen LogP contribution >= 0.6 is 0 Å². The number of carbonyl (C=O) groups is 4. The topological polar surface area (TPSA) is 158 Å². The largest absolute Gasteiger partial charge is 0.478 e. The molecule has 12 nitrogen and oxygen atoms in total. The van der Waals surface area contributed by atoms with Gasteiger partial charge in [-0.25, -0.2) is 19.2 Å². The minimum absolute atomic E-state index is 0.0332. The highest BCUT2D eigenvalue weighted by molar-refractivity contribution is 5.95. The fourth-order valence-electron chi connectivity index (χ4n) is 7.55. The highest BCUT2D eigenvalue weighted by atomic mass is 16.7. The molecule has 56 heavy (non-hydrogen) atoms. The van der Waals surface area contributed by atoms with Crippen LogP contribution in [0.15, 0.2) is 91.0 Å². The maximum Gasteiger partial charge on any atom is 0.349 e. The van der Waals surface area contributed by atoms with Crippen LogP contribution in [0, 0.1) is 13.8 Å². The lowest BCUT2D eigenvalue weighted by Gasteiger charge is -2.38. The molecule has 1 saturated carbocycles. The average Bonchev–Trinajstić information content (AvgIpc) is 3.85. The Bertz CT molecular complexity index is 1890. The molecule has 4 aromatic rings. The molecule has 0 radical (unpaired) electrons. The standard InChI is InChI=1S/C24H31NO3.C20H18O8/c1-2-9-21-19(6-1)7-5-8-20(21)12-15-26-23-11-4-3-10-22(23)25-14-13-24(18-25)27-16-17-28-24;1-11-3-7-13(8-4-11)19(25)27-15(17(21)22)16(18(23)24)28-20(26)14-9-5-12(2)6-10-14/h1-2,5-9,22-23H,3-4,10-18H2;3-10,15-16H,1-2H3,(H,21,22)(H,23,24)/t22-,23-;15-,16-/m00/s1. The van der Waals surface area contributed by atoms with E-state index in [0.29, 0.717) is 12.1 Å². The smallest absolute Gasteiger partial charge is 0.349 e. The summed E-state index contributed by atoms with van der Waals surface area (Å²) >= 11 is 0. The van der Waals surface area contributed by atoms with Gasteiger partial charge in [-0.2, -0.15) is 0 Å². The predicted octanol–water partition coefficient (Wildman–Crippen LogP) is 6.38. The van der Waals surface area contributed by atoms with Gasteiger partial charge >= 0.3 is 23.9 Å². The number of carbonyl (C=O) groups excluding carboxylic acids is 2. The van der Waals surface area contributed by atoms with Crippen molar-refractivity contribution in [3.05, 3.63) is 119 Å². The third-order valence-corrected chi connectivity index (χ3v) is 10.6. The van der Waals surface area contributed by atoms with E-state index < -0.39 is 36.1 Å². The van der Waals surface area contributed by atoms with Crippen LogP contribution in [0.4, 0.5) is 0 Å². The SMILES string of the molecule is Cc1ccc(C(=O)O[C@H](C(=O)O)[C@H](OC(=O)c2ccc(C)cc2)C(=O)O)cc1.c1ccc2c(CCO[C@H]3CCCC[C@@H]3N3CCC4(C3)OCCO4)cccc2c1. The van der Waals surface area contributed by atoms with Gasteiger partial charge in [0.2, 0.25) is 12.2 Å². The Hall–Kier alpha value is -5.14. The van der Waals surface area contributed by atoms with E-state index in [1.165, 1.54) is 66.3 Å². The summed E-state index contributed by atoms with van der Waals surface area (Å²) in [5.74, 6) is -5.95.